The molecule has 1 fully saturated rings. The van der Waals surface area contributed by atoms with Crippen molar-refractivity contribution in [1.82, 2.24) is 15.5 Å². The molecule has 1 amide bonds. The number of hydrogen-bond donors (Lipinski definition) is 3. The molecule has 1 aromatic heterocycles. The van der Waals surface area contributed by atoms with E-state index in [4.69, 9.17) is 9.52 Å². The number of hydrogen-bond acceptors (Lipinski definition) is 6. The number of anilines is 1. The molecule has 1 aliphatic rings. The Morgan fingerprint density at radius 2 is 2.10 bits per heavy atom. The second kappa shape index (κ2) is 6.00. The van der Waals surface area contributed by atoms with Gasteiger partial charge in [-0.15, -0.1) is 5.10 Å². The molecule has 0 spiro atoms. The molecular weight excluding hydrogens is 264 g/mol. The summed E-state index contributed by atoms with van der Waals surface area (Å²) in [5.41, 5.74) is 0. The maximum atomic E-state index is 11.7. The Balaban J connectivity index is 1.81. The Kier molecular flexibility index (Phi) is 4.33. The van der Waals surface area contributed by atoms with E-state index in [-0.39, 0.29) is 24.4 Å². The van der Waals surface area contributed by atoms with Gasteiger partial charge in [0.25, 0.3) is 0 Å². The van der Waals surface area contributed by atoms with Crippen molar-refractivity contribution in [2.75, 3.05) is 11.9 Å². The first kappa shape index (κ1) is 14.4. The number of nitrogens with one attached hydrogen (secondary N) is 2. The minimum Gasteiger partial charge on any atom is -0.480 e. The van der Waals surface area contributed by atoms with Crippen molar-refractivity contribution in [3.8, 4) is 0 Å². The van der Waals surface area contributed by atoms with Crippen LogP contribution < -0.4 is 10.6 Å². The highest BCUT2D eigenvalue weighted by Crippen LogP contribution is 2.32. The molecule has 0 bridgehead atoms. The lowest BCUT2D eigenvalue weighted by molar-refractivity contribution is -0.140. The van der Waals surface area contributed by atoms with Crippen molar-refractivity contribution >= 4 is 17.9 Å². The van der Waals surface area contributed by atoms with Crippen LogP contribution in [0.15, 0.2) is 4.42 Å². The van der Waals surface area contributed by atoms with Crippen molar-refractivity contribution < 1.29 is 19.1 Å². The third-order valence-electron chi connectivity index (χ3n) is 3.02. The number of carboxylic acids is 1. The predicted molar refractivity (Wildman–Crippen MR) is 69.2 cm³/mol. The molecule has 0 radical (unpaired) electrons. The zero-order valence-electron chi connectivity index (χ0n) is 11.4. The normalized spacial score (nSPS) is 16.1. The molecule has 0 saturated heterocycles. The van der Waals surface area contributed by atoms with Gasteiger partial charge in [0.2, 0.25) is 11.8 Å². The van der Waals surface area contributed by atoms with Crippen LogP contribution in [0.2, 0.25) is 0 Å². The van der Waals surface area contributed by atoms with E-state index in [1.165, 1.54) is 0 Å². The average Bonchev–Trinajstić information content (AvgIpc) is 3.08. The monoisotopic (exact) mass is 282 g/mol. The van der Waals surface area contributed by atoms with Crippen molar-refractivity contribution in [1.29, 1.82) is 0 Å². The molecule has 8 nitrogen and oxygen atoms in total. The number of rotatable bonds is 7. The maximum Gasteiger partial charge on any atom is 0.322 e. The zero-order chi connectivity index (χ0) is 14.7. The number of amides is 1. The summed E-state index contributed by atoms with van der Waals surface area (Å²) < 4.78 is 5.23. The number of carbonyl (C=O) groups is 2. The molecule has 1 atom stereocenters. The molecule has 1 unspecified atom stereocenters. The quantitative estimate of drug-likeness (QED) is 0.669. The van der Waals surface area contributed by atoms with Crippen molar-refractivity contribution in [3.63, 3.8) is 0 Å². The summed E-state index contributed by atoms with van der Waals surface area (Å²) in [5.74, 6) is -0.695. The predicted octanol–water partition coefficient (Wildman–Crippen LogP) is 0.584. The molecule has 0 aliphatic heterocycles. The molecule has 1 aliphatic carbocycles. The number of carbonyl (C=O) groups excluding carboxylic acids is 1. The van der Waals surface area contributed by atoms with Crippen molar-refractivity contribution in [3.05, 3.63) is 5.89 Å². The van der Waals surface area contributed by atoms with Crippen molar-refractivity contribution in [2.45, 2.75) is 38.6 Å². The molecule has 20 heavy (non-hydrogen) atoms. The lowest BCUT2D eigenvalue weighted by Crippen LogP contribution is -2.42. The molecule has 1 heterocycles. The van der Waals surface area contributed by atoms with Gasteiger partial charge in [-0.2, -0.15) is 0 Å². The second-order valence-electron chi connectivity index (χ2n) is 5.18. The smallest absolute Gasteiger partial charge is 0.322 e. The fraction of sp³-hybridized carbons (Fsp3) is 0.667. The van der Waals surface area contributed by atoms with E-state index in [1.54, 1.807) is 0 Å². The largest absolute Gasteiger partial charge is 0.480 e. The number of carboxylic acid groups (broad SMARTS) is 1. The van der Waals surface area contributed by atoms with Gasteiger partial charge >= 0.3 is 12.0 Å². The van der Waals surface area contributed by atoms with E-state index in [9.17, 15) is 9.59 Å². The first-order valence-corrected chi connectivity index (χ1v) is 6.56. The lowest BCUT2D eigenvalue weighted by Gasteiger charge is -2.12. The Bertz CT molecular complexity index is 495. The molecule has 0 aromatic carbocycles. The third kappa shape index (κ3) is 3.77. The summed E-state index contributed by atoms with van der Waals surface area (Å²) in [6.07, 6.45) is 1.76. The summed E-state index contributed by atoms with van der Waals surface area (Å²) in [4.78, 5) is 22.7. The van der Waals surface area contributed by atoms with Gasteiger partial charge in [-0.25, -0.2) is 0 Å². The van der Waals surface area contributed by atoms with E-state index in [2.05, 4.69) is 20.8 Å². The first-order valence-electron chi connectivity index (χ1n) is 6.56. The summed E-state index contributed by atoms with van der Waals surface area (Å²) in [6, 6.07) is -0.645. The zero-order valence-corrected chi connectivity index (χ0v) is 11.4. The summed E-state index contributed by atoms with van der Waals surface area (Å²) in [6.45, 7) is 3.69. The van der Waals surface area contributed by atoms with E-state index in [1.807, 2.05) is 13.8 Å². The third-order valence-corrected chi connectivity index (χ3v) is 3.02. The van der Waals surface area contributed by atoms with Crippen LogP contribution in [-0.2, 0) is 9.59 Å². The van der Waals surface area contributed by atoms with Crippen LogP contribution in [0, 0.1) is 5.92 Å². The standard InChI is InChI=1S/C12H18N4O4/c1-6(2)10-15-16-12(20-10)14-8(17)5-13-9(11(18)19)7-3-4-7/h6-7,9,13H,3-5H2,1-2H3,(H,18,19)(H,14,16,17). The molecule has 2 rings (SSSR count). The molecule has 110 valence electrons. The molecular formula is C12H18N4O4. The van der Waals surface area contributed by atoms with Gasteiger partial charge in [-0.1, -0.05) is 18.9 Å². The van der Waals surface area contributed by atoms with Crippen LogP contribution in [0.5, 0.6) is 0 Å². The highest BCUT2D eigenvalue weighted by molar-refractivity contribution is 5.90. The van der Waals surface area contributed by atoms with Gasteiger partial charge in [-0.3, -0.25) is 20.2 Å². The summed E-state index contributed by atoms with van der Waals surface area (Å²) >= 11 is 0. The van der Waals surface area contributed by atoms with Gasteiger partial charge in [0.05, 0.1) is 6.54 Å². The van der Waals surface area contributed by atoms with Crippen LogP contribution in [0.3, 0.4) is 0 Å². The van der Waals surface area contributed by atoms with Gasteiger partial charge in [0.1, 0.15) is 6.04 Å². The fourth-order valence-electron chi connectivity index (χ4n) is 1.77. The van der Waals surface area contributed by atoms with Crippen LogP contribution in [0.25, 0.3) is 0 Å². The van der Waals surface area contributed by atoms with E-state index in [0.29, 0.717) is 5.89 Å². The van der Waals surface area contributed by atoms with E-state index in [0.717, 1.165) is 12.8 Å². The second-order valence-corrected chi connectivity index (χ2v) is 5.18. The van der Waals surface area contributed by atoms with Crippen LogP contribution >= 0.6 is 0 Å². The van der Waals surface area contributed by atoms with Crippen LogP contribution in [0.4, 0.5) is 6.01 Å². The van der Waals surface area contributed by atoms with Gasteiger partial charge < -0.3 is 9.52 Å². The van der Waals surface area contributed by atoms with E-state index < -0.39 is 17.9 Å². The Hall–Kier alpha value is -1.96. The minimum atomic E-state index is -0.930. The van der Waals surface area contributed by atoms with E-state index >= 15 is 0 Å². The first-order chi connectivity index (χ1) is 9.47. The molecule has 8 heteroatoms. The Morgan fingerprint density at radius 1 is 1.40 bits per heavy atom. The summed E-state index contributed by atoms with van der Waals surface area (Å²) in [5, 5.41) is 21.7. The van der Waals surface area contributed by atoms with Gasteiger partial charge in [0.15, 0.2) is 0 Å². The Morgan fingerprint density at radius 3 is 2.60 bits per heavy atom. The van der Waals surface area contributed by atoms with Crippen molar-refractivity contribution in [2.24, 2.45) is 5.92 Å². The van der Waals surface area contributed by atoms with Gasteiger partial charge in [0, 0.05) is 5.92 Å². The maximum absolute atomic E-state index is 11.7. The number of aliphatic carboxylic acids is 1. The minimum absolute atomic E-state index is 0.0267. The number of nitrogens with zero attached hydrogens (tertiary/aromatic N) is 2. The lowest BCUT2D eigenvalue weighted by atomic mass is 10.2. The number of aromatic nitrogens is 2. The molecule has 1 saturated carbocycles. The topological polar surface area (TPSA) is 117 Å². The van der Waals surface area contributed by atoms with Crippen LogP contribution in [-0.4, -0.2) is 39.8 Å². The molecule has 1 aromatic rings. The molecule has 3 N–H and O–H groups in total. The average molecular weight is 282 g/mol. The summed E-state index contributed by atoms with van der Waals surface area (Å²) in [7, 11) is 0. The highest BCUT2D eigenvalue weighted by atomic mass is 16.4. The highest BCUT2D eigenvalue weighted by Gasteiger charge is 2.36. The SMILES string of the molecule is CC(C)c1nnc(NC(=O)CNC(C(=O)O)C2CC2)o1. The van der Waals surface area contributed by atoms with Crippen LogP contribution in [0.1, 0.15) is 38.5 Å². The van der Waals surface area contributed by atoms with Gasteiger partial charge in [-0.05, 0) is 18.8 Å². The fourth-order valence-corrected chi connectivity index (χ4v) is 1.77. The Labute approximate surface area is 115 Å².